The molecule has 1 aromatic rings. The standard InChI is InChI=1S/C20H25NO5S/c1-12-8-9-14-15(10-12)27-18(17(14)20(24)25-2)21-16(22)11-26-19(23)13-6-4-3-5-7-13/h3-4,12-13H,5-11H2,1-2H3,(H,21,22)/t12-,13+/m1/s1. The van der Waals surface area contributed by atoms with Crippen molar-refractivity contribution in [1.29, 1.82) is 0 Å². The number of nitrogens with one attached hydrogen (secondary N) is 1. The fourth-order valence-corrected chi connectivity index (χ4v) is 5.00. The summed E-state index contributed by atoms with van der Waals surface area (Å²) in [7, 11) is 1.34. The predicted molar refractivity (Wildman–Crippen MR) is 103 cm³/mol. The lowest BCUT2D eigenvalue weighted by Gasteiger charge is -2.18. The molecule has 0 radical (unpaired) electrons. The molecule has 0 aliphatic heterocycles. The number of fused-ring (bicyclic) bond motifs is 1. The Labute approximate surface area is 162 Å². The lowest BCUT2D eigenvalue weighted by atomic mass is 9.88. The summed E-state index contributed by atoms with van der Waals surface area (Å²) in [4.78, 5) is 37.7. The average molecular weight is 391 g/mol. The van der Waals surface area contributed by atoms with E-state index in [2.05, 4.69) is 12.2 Å². The topological polar surface area (TPSA) is 81.7 Å². The summed E-state index contributed by atoms with van der Waals surface area (Å²) in [6.07, 6.45) is 8.98. The van der Waals surface area contributed by atoms with E-state index in [0.717, 1.165) is 42.5 Å². The molecule has 27 heavy (non-hydrogen) atoms. The Morgan fingerprint density at radius 3 is 2.78 bits per heavy atom. The molecule has 0 bridgehead atoms. The minimum atomic E-state index is -0.441. The van der Waals surface area contributed by atoms with Crippen molar-refractivity contribution in [3.8, 4) is 0 Å². The van der Waals surface area contributed by atoms with Gasteiger partial charge in [-0.15, -0.1) is 11.3 Å². The monoisotopic (exact) mass is 391 g/mol. The highest BCUT2D eigenvalue weighted by molar-refractivity contribution is 7.17. The predicted octanol–water partition coefficient (Wildman–Crippen LogP) is 3.50. The second kappa shape index (κ2) is 8.69. The number of thiophene rings is 1. The number of anilines is 1. The zero-order chi connectivity index (χ0) is 19.4. The van der Waals surface area contributed by atoms with Crippen LogP contribution in [0, 0.1) is 11.8 Å². The molecule has 7 heteroatoms. The quantitative estimate of drug-likeness (QED) is 0.614. The molecule has 6 nitrogen and oxygen atoms in total. The SMILES string of the molecule is COC(=O)c1c(NC(=O)COC(=O)[C@H]2CC=CCC2)sc2c1CC[C@@H](C)C2. The molecule has 1 aromatic heterocycles. The van der Waals surface area contributed by atoms with Gasteiger partial charge in [0.05, 0.1) is 18.6 Å². The van der Waals surface area contributed by atoms with Crippen LogP contribution in [0.5, 0.6) is 0 Å². The number of carbonyl (C=O) groups excluding carboxylic acids is 3. The molecule has 0 saturated carbocycles. The van der Waals surface area contributed by atoms with Crippen LogP contribution in [0.25, 0.3) is 0 Å². The van der Waals surface area contributed by atoms with Crippen LogP contribution < -0.4 is 5.32 Å². The summed E-state index contributed by atoms with van der Waals surface area (Å²) in [6.45, 7) is 1.83. The molecule has 1 heterocycles. The summed E-state index contributed by atoms with van der Waals surface area (Å²) < 4.78 is 10.1. The molecule has 2 aliphatic carbocycles. The average Bonchev–Trinajstić information content (AvgIpc) is 3.02. The first kappa shape index (κ1) is 19.6. The highest BCUT2D eigenvalue weighted by Crippen LogP contribution is 2.40. The van der Waals surface area contributed by atoms with E-state index in [4.69, 9.17) is 9.47 Å². The summed E-state index contributed by atoms with van der Waals surface area (Å²) in [5, 5.41) is 3.23. The highest BCUT2D eigenvalue weighted by atomic mass is 32.1. The Morgan fingerprint density at radius 2 is 2.07 bits per heavy atom. The van der Waals surface area contributed by atoms with Crippen molar-refractivity contribution in [3.05, 3.63) is 28.2 Å². The maximum Gasteiger partial charge on any atom is 0.341 e. The molecule has 1 N–H and O–H groups in total. The Bertz CT molecular complexity index is 767. The summed E-state index contributed by atoms with van der Waals surface area (Å²) in [5.41, 5.74) is 1.42. The Balaban J connectivity index is 1.65. The van der Waals surface area contributed by atoms with E-state index in [1.54, 1.807) is 0 Å². The normalized spacial score (nSPS) is 21.3. The van der Waals surface area contributed by atoms with Crippen molar-refractivity contribution < 1.29 is 23.9 Å². The molecule has 146 valence electrons. The summed E-state index contributed by atoms with van der Waals surface area (Å²) in [5.74, 6) is -0.850. The Hall–Kier alpha value is -2.15. The summed E-state index contributed by atoms with van der Waals surface area (Å²) >= 11 is 1.42. The van der Waals surface area contributed by atoms with E-state index < -0.39 is 11.9 Å². The lowest BCUT2D eigenvalue weighted by Crippen LogP contribution is -2.25. The largest absolute Gasteiger partial charge is 0.465 e. The molecular formula is C20H25NO5S. The van der Waals surface area contributed by atoms with E-state index in [9.17, 15) is 14.4 Å². The lowest BCUT2D eigenvalue weighted by molar-refractivity contribution is -0.151. The van der Waals surface area contributed by atoms with Gasteiger partial charge in [0.1, 0.15) is 5.00 Å². The van der Waals surface area contributed by atoms with Gasteiger partial charge in [-0.05, 0) is 50.0 Å². The van der Waals surface area contributed by atoms with Gasteiger partial charge in [-0.1, -0.05) is 19.1 Å². The third kappa shape index (κ3) is 4.58. The molecule has 2 aliphatic rings. The van der Waals surface area contributed by atoms with E-state index in [0.29, 0.717) is 22.9 Å². The highest BCUT2D eigenvalue weighted by Gasteiger charge is 2.29. The molecule has 3 rings (SSSR count). The molecular weight excluding hydrogens is 366 g/mol. The van der Waals surface area contributed by atoms with E-state index in [1.165, 1.54) is 18.4 Å². The first-order chi connectivity index (χ1) is 13.0. The molecule has 0 unspecified atom stereocenters. The van der Waals surface area contributed by atoms with Crippen LogP contribution in [0.1, 0.15) is 53.4 Å². The van der Waals surface area contributed by atoms with Gasteiger partial charge in [-0.3, -0.25) is 9.59 Å². The van der Waals surface area contributed by atoms with Crippen molar-refractivity contribution in [1.82, 2.24) is 0 Å². The van der Waals surface area contributed by atoms with Crippen LogP contribution in [-0.4, -0.2) is 31.6 Å². The number of amides is 1. The minimum Gasteiger partial charge on any atom is -0.465 e. The van der Waals surface area contributed by atoms with Crippen molar-refractivity contribution >= 4 is 34.2 Å². The van der Waals surface area contributed by atoms with Crippen molar-refractivity contribution in [2.24, 2.45) is 11.8 Å². The van der Waals surface area contributed by atoms with Crippen LogP contribution >= 0.6 is 11.3 Å². The van der Waals surface area contributed by atoms with Crippen molar-refractivity contribution in [2.75, 3.05) is 19.0 Å². The third-order valence-electron chi connectivity index (χ3n) is 5.10. The van der Waals surface area contributed by atoms with Crippen molar-refractivity contribution in [3.63, 3.8) is 0 Å². The molecule has 2 atom stereocenters. The molecule has 0 fully saturated rings. The van der Waals surface area contributed by atoms with Gasteiger partial charge in [0, 0.05) is 4.88 Å². The van der Waals surface area contributed by atoms with Gasteiger partial charge in [-0.2, -0.15) is 0 Å². The molecule has 1 amide bonds. The number of allylic oxidation sites excluding steroid dienone is 2. The Morgan fingerprint density at radius 1 is 1.26 bits per heavy atom. The van der Waals surface area contributed by atoms with Crippen LogP contribution in [-0.2, 0) is 31.9 Å². The van der Waals surface area contributed by atoms with Crippen LogP contribution in [0.3, 0.4) is 0 Å². The van der Waals surface area contributed by atoms with Crippen LogP contribution in [0.2, 0.25) is 0 Å². The minimum absolute atomic E-state index is 0.177. The molecule has 0 saturated heterocycles. The fourth-order valence-electron chi connectivity index (χ4n) is 3.58. The zero-order valence-corrected chi connectivity index (χ0v) is 16.5. The van der Waals surface area contributed by atoms with Crippen LogP contribution in [0.4, 0.5) is 5.00 Å². The molecule has 0 aromatic carbocycles. The van der Waals surface area contributed by atoms with Gasteiger partial charge in [-0.25, -0.2) is 4.79 Å². The Kier molecular flexibility index (Phi) is 6.31. The van der Waals surface area contributed by atoms with Gasteiger partial charge in [0.2, 0.25) is 0 Å². The number of carbonyl (C=O) groups is 3. The van der Waals surface area contributed by atoms with Gasteiger partial charge in [0.25, 0.3) is 5.91 Å². The number of methoxy groups -OCH3 is 1. The maximum atomic E-state index is 12.3. The first-order valence-corrected chi connectivity index (χ1v) is 10.2. The number of rotatable bonds is 5. The van der Waals surface area contributed by atoms with Gasteiger partial charge in [0.15, 0.2) is 6.61 Å². The van der Waals surface area contributed by atoms with E-state index in [-0.39, 0.29) is 18.5 Å². The number of hydrogen-bond acceptors (Lipinski definition) is 6. The maximum absolute atomic E-state index is 12.3. The van der Waals surface area contributed by atoms with E-state index in [1.807, 2.05) is 12.2 Å². The van der Waals surface area contributed by atoms with Crippen molar-refractivity contribution in [2.45, 2.75) is 45.4 Å². The van der Waals surface area contributed by atoms with E-state index >= 15 is 0 Å². The summed E-state index contributed by atoms with van der Waals surface area (Å²) in [6, 6.07) is 0. The smallest absolute Gasteiger partial charge is 0.341 e. The fraction of sp³-hybridized carbons (Fsp3) is 0.550. The number of hydrogen-bond donors (Lipinski definition) is 1. The van der Waals surface area contributed by atoms with Crippen LogP contribution in [0.15, 0.2) is 12.2 Å². The second-order valence-electron chi connectivity index (χ2n) is 7.18. The van der Waals surface area contributed by atoms with Gasteiger partial charge >= 0.3 is 11.9 Å². The third-order valence-corrected chi connectivity index (χ3v) is 6.27. The van der Waals surface area contributed by atoms with Gasteiger partial charge < -0.3 is 14.8 Å². The first-order valence-electron chi connectivity index (χ1n) is 9.34. The zero-order valence-electron chi connectivity index (χ0n) is 15.7. The second-order valence-corrected chi connectivity index (χ2v) is 8.29. The number of esters is 2. The molecule has 0 spiro atoms. The number of ether oxygens (including phenoxy) is 2.